The lowest BCUT2D eigenvalue weighted by Gasteiger charge is -2.21. The van der Waals surface area contributed by atoms with E-state index in [-0.39, 0.29) is 17.4 Å². The maximum absolute atomic E-state index is 12.5. The van der Waals surface area contributed by atoms with Crippen molar-refractivity contribution in [1.82, 2.24) is 0 Å². The SMILES string of the molecule is CC(C)(C)c1ccc(CC(=O)C2CCCCCC2N)cc1. The lowest BCUT2D eigenvalue weighted by Crippen LogP contribution is -2.35. The summed E-state index contributed by atoms with van der Waals surface area (Å²) < 4.78 is 0. The number of benzene rings is 1. The van der Waals surface area contributed by atoms with Gasteiger partial charge in [0.25, 0.3) is 0 Å². The molecule has 2 atom stereocenters. The molecule has 116 valence electrons. The number of hydrogen-bond donors (Lipinski definition) is 1. The second-order valence-electron chi connectivity index (χ2n) is 7.50. The van der Waals surface area contributed by atoms with Crippen LogP contribution in [0.25, 0.3) is 0 Å². The van der Waals surface area contributed by atoms with Crippen LogP contribution < -0.4 is 5.73 Å². The molecule has 21 heavy (non-hydrogen) atoms. The van der Waals surface area contributed by atoms with Gasteiger partial charge in [0.05, 0.1) is 0 Å². The van der Waals surface area contributed by atoms with Crippen LogP contribution in [0.2, 0.25) is 0 Å². The lowest BCUT2D eigenvalue weighted by molar-refractivity contribution is -0.123. The zero-order chi connectivity index (χ0) is 15.5. The van der Waals surface area contributed by atoms with Gasteiger partial charge in [0.2, 0.25) is 0 Å². The van der Waals surface area contributed by atoms with E-state index in [2.05, 4.69) is 45.0 Å². The molecule has 0 bridgehead atoms. The van der Waals surface area contributed by atoms with Gasteiger partial charge in [0.1, 0.15) is 5.78 Å². The molecule has 0 aliphatic heterocycles. The Kier molecular flexibility index (Phi) is 5.21. The van der Waals surface area contributed by atoms with Crippen molar-refractivity contribution in [3.05, 3.63) is 35.4 Å². The topological polar surface area (TPSA) is 43.1 Å². The Morgan fingerprint density at radius 1 is 1.10 bits per heavy atom. The fraction of sp³-hybridized carbons (Fsp3) is 0.632. The zero-order valence-corrected chi connectivity index (χ0v) is 13.7. The van der Waals surface area contributed by atoms with E-state index < -0.39 is 0 Å². The third kappa shape index (κ3) is 4.41. The fourth-order valence-corrected chi connectivity index (χ4v) is 3.19. The Morgan fingerprint density at radius 3 is 2.33 bits per heavy atom. The molecule has 0 spiro atoms. The molecule has 0 radical (unpaired) electrons. The van der Waals surface area contributed by atoms with Crippen molar-refractivity contribution in [3.63, 3.8) is 0 Å². The third-order valence-corrected chi connectivity index (χ3v) is 4.68. The van der Waals surface area contributed by atoms with Crippen LogP contribution in [0, 0.1) is 5.92 Å². The van der Waals surface area contributed by atoms with Crippen molar-refractivity contribution < 1.29 is 4.79 Å². The minimum atomic E-state index is 0.0637. The van der Waals surface area contributed by atoms with Crippen LogP contribution >= 0.6 is 0 Å². The van der Waals surface area contributed by atoms with Gasteiger partial charge in [-0.3, -0.25) is 4.79 Å². The fourth-order valence-electron chi connectivity index (χ4n) is 3.19. The maximum atomic E-state index is 12.5. The first-order chi connectivity index (χ1) is 9.88. The van der Waals surface area contributed by atoms with Crippen molar-refractivity contribution in [3.8, 4) is 0 Å². The van der Waals surface area contributed by atoms with Gasteiger partial charge in [-0.15, -0.1) is 0 Å². The second-order valence-corrected chi connectivity index (χ2v) is 7.50. The van der Waals surface area contributed by atoms with Gasteiger partial charge in [0, 0.05) is 18.4 Å². The largest absolute Gasteiger partial charge is 0.327 e. The van der Waals surface area contributed by atoms with Crippen LogP contribution in [0.3, 0.4) is 0 Å². The normalized spacial score (nSPS) is 23.6. The Balaban J connectivity index is 2.02. The summed E-state index contributed by atoms with van der Waals surface area (Å²) in [6.45, 7) is 6.62. The van der Waals surface area contributed by atoms with Crippen LogP contribution in [-0.2, 0) is 16.6 Å². The van der Waals surface area contributed by atoms with Crippen molar-refractivity contribution >= 4 is 5.78 Å². The van der Waals surface area contributed by atoms with Crippen LogP contribution in [0.4, 0.5) is 0 Å². The van der Waals surface area contributed by atoms with E-state index in [4.69, 9.17) is 5.73 Å². The van der Waals surface area contributed by atoms with Crippen molar-refractivity contribution in [2.45, 2.75) is 70.8 Å². The second kappa shape index (κ2) is 6.74. The highest BCUT2D eigenvalue weighted by Gasteiger charge is 2.26. The first-order valence-corrected chi connectivity index (χ1v) is 8.25. The molecule has 0 heterocycles. The molecule has 2 heteroatoms. The predicted octanol–water partition coefficient (Wildman–Crippen LogP) is 4.00. The molecule has 2 rings (SSSR count). The molecule has 0 aromatic heterocycles. The van der Waals surface area contributed by atoms with E-state index in [9.17, 15) is 4.79 Å². The Hall–Kier alpha value is -1.15. The van der Waals surface area contributed by atoms with E-state index in [1.54, 1.807) is 0 Å². The number of carbonyl (C=O) groups excluding carboxylic acids is 1. The van der Waals surface area contributed by atoms with Gasteiger partial charge in [-0.1, -0.05) is 64.3 Å². The zero-order valence-electron chi connectivity index (χ0n) is 13.7. The first-order valence-electron chi connectivity index (χ1n) is 8.25. The van der Waals surface area contributed by atoms with Gasteiger partial charge in [0.15, 0.2) is 0 Å². The number of ketones is 1. The quantitative estimate of drug-likeness (QED) is 0.854. The minimum absolute atomic E-state index is 0.0637. The lowest BCUT2D eigenvalue weighted by atomic mass is 9.85. The molecule has 1 fully saturated rings. The smallest absolute Gasteiger partial charge is 0.141 e. The molecule has 1 aromatic rings. The Bertz CT molecular complexity index is 469. The third-order valence-electron chi connectivity index (χ3n) is 4.68. The van der Waals surface area contributed by atoms with E-state index in [1.807, 2.05) is 0 Å². The molecule has 1 aromatic carbocycles. The molecule has 0 saturated heterocycles. The summed E-state index contributed by atoms with van der Waals surface area (Å²) >= 11 is 0. The monoisotopic (exact) mass is 287 g/mol. The van der Waals surface area contributed by atoms with E-state index in [1.165, 1.54) is 18.4 Å². The molecular formula is C19H29NO. The summed E-state index contributed by atoms with van der Waals surface area (Å²) in [5, 5.41) is 0. The highest BCUT2D eigenvalue weighted by atomic mass is 16.1. The number of hydrogen-bond acceptors (Lipinski definition) is 2. The summed E-state index contributed by atoms with van der Waals surface area (Å²) in [6, 6.07) is 8.56. The first kappa shape index (κ1) is 16.2. The van der Waals surface area contributed by atoms with Crippen LogP contribution in [0.1, 0.15) is 64.0 Å². The van der Waals surface area contributed by atoms with Gasteiger partial charge < -0.3 is 5.73 Å². The van der Waals surface area contributed by atoms with Gasteiger partial charge in [-0.2, -0.15) is 0 Å². The summed E-state index contributed by atoms with van der Waals surface area (Å²) in [5.74, 6) is 0.391. The van der Waals surface area contributed by atoms with Crippen molar-refractivity contribution in [1.29, 1.82) is 0 Å². The number of nitrogens with two attached hydrogens (primary N) is 1. The predicted molar refractivity (Wildman–Crippen MR) is 88.4 cm³/mol. The van der Waals surface area contributed by atoms with Crippen molar-refractivity contribution in [2.75, 3.05) is 0 Å². The molecule has 2 nitrogen and oxygen atoms in total. The Morgan fingerprint density at radius 2 is 1.71 bits per heavy atom. The van der Waals surface area contributed by atoms with Crippen LogP contribution in [0.5, 0.6) is 0 Å². The molecule has 1 aliphatic rings. The summed E-state index contributed by atoms with van der Waals surface area (Å²) in [4.78, 5) is 12.5. The van der Waals surface area contributed by atoms with Gasteiger partial charge in [-0.25, -0.2) is 0 Å². The number of Topliss-reactive ketones (excluding diaryl/α,β-unsaturated/α-hetero) is 1. The maximum Gasteiger partial charge on any atom is 0.141 e. The van der Waals surface area contributed by atoms with Crippen molar-refractivity contribution in [2.24, 2.45) is 11.7 Å². The molecule has 1 saturated carbocycles. The van der Waals surface area contributed by atoms with Gasteiger partial charge in [-0.05, 0) is 29.4 Å². The number of carbonyl (C=O) groups is 1. The average molecular weight is 287 g/mol. The highest BCUT2D eigenvalue weighted by Crippen LogP contribution is 2.25. The molecular weight excluding hydrogens is 258 g/mol. The standard InChI is InChI=1S/C19H29NO/c1-19(2,3)15-11-9-14(10-12-15)13-18(21)16-7-5-4-6-8-17(16)20/h9-12,16-17H,4-8,13,20H2,1-3H3. The van der Waals surface area contributed by atoms with Gasteiger partial charge >= 0.3 is 0 Å². The Labute approximate surface area is 129 Å². The molecule has 0 amide bonds. The minimum Gasteiger partial charge on any atom is -0.327 e. The number of rotatable bonds is 3. The molecule has 2 unspecified atom stereocenters. The molecule has 1 aliphatic carbocycles. The van der Waals surface area contributed by atoms with E-state index >= 15 is 0 Å². The average Bonchev–Trinajstić information content (AvgIpc) is 2.63. The summed E-state index contributed by atoms with van der Waals surface area (Å²) in [5.41, 5.74) is 8.78. The van der Waals surface area contributed by atoms with Crippen LogP contribution in [0.15, 0.2) is 24.3 Å². The van der Waals surface area contributed by atoms with Crippen LogP contribution in [-0.4, -0.2) is 11.8 Å². The van der Waals surface area contributed by atoms with E-state index in [0.29, 0.717) is 12.2 Å². The highest BCUT2D eigenvalue weighted by molar-refractivity contribution is 5.84. The summed E-state index contributed by atoms with van der Waals surface area (Å²) in [7, 11) is 0. The summed E-state index contributed by atoms with van der Waals surface area (Å²) in [6.07, 6.45) is 6.04. The van der Waals surface area contributed by atoms with E-state index in [0.717, 1.165) is 24.8 Å². The molecule has 2 N–H and O–H groups in total.